The van der Waals surface area contributed by atoms with E-state index in [9.17, 15) is 4.79 Å². The molecule has 0 saturated heterocycles. The van der Waals surface area contributed by atoms with E-state index < -0.39 is 0 Å². The Morgan fingerprint density at radius 1 is 1.28 bits per heavy atom. The molecule has 1 heterocycles. The Kier molecular flexibility index (Phi) is 4.14. The Balaban J connectivity index is 2.22. The molecule has 0 fully saturated rings. The number of thiophene rings is 1. The minimum Gasteiger partial charge on any atom is -0.321 e. The van der Waals surface area contributed by atoms with Crippen LogP contribution in [0.1, 0.15) is 20.8 Å². The van der Waals surface area contributed by atoms with Gasteiger partial charge in [0.15, 0.2) is 0 Å². The number of hydrogen-bond donors (Lipinski definition) is 2. The van der Waals surface area contributed by atoms with Gasteiger partial charge in [-0.1, -0.05) is 15.9 Å². The second kappa shape index (κ2) is 5.47. The van der Waals surface area contributed by atoms with Gasteiger partial charge < -0.3 is 5.32 Å². The van der Waals surface area contributed by atoms with Crippen LogP contribution in [0.5, 0.6) is 0 Å². The predicted molar refractivity (Wildman–Crippen MR) is 83.1 cm³/mol. The molecule has 0 saturated carbocycles. The first-order chi connectivity index (χ1) is 8.47. The third-order valence-electron chi connectivity index (χ3n) is 2.50. The summed E-state index contributed by atoms with van der Waals surface area (Å²) in [6.45, 7) is 4.01. The van der Waals surface area contributed by atoms with Crippen molar-refractivity contribution in [1.82, 2.24) is 0 Å². The summed E-state index contributed by atoms with van der Waals surface area (Å²) in [5, 5.41) is 4.74. The van der Waals surface area contributed by atoms with Gasteiger partial charge in [-0.05, 0) is 43.2 Å². The molecule has 1 aromatic heterocycles. The van der Waals surface area contributed by atoms with Crippen LogP contribution >= 0.6 is 39.9 Å². The molecule has 5 heteroatoms. The number of aryl methyl sites for hydroxylation is 2. The number of halogens is 1. The molecule has 0 atom stereocenters. The van der Waals surface area contributed by atoms with Crippen molar-refractivity contribution in [3.63, 3.8) is 0 Å². The second-order valence-electron chi connectivity index (χ2n) is 4.05. The van der Waals surface area contributed by atoms with E-state index in [0.717, 1.165) is 26.2 Å². The van der Waals surface area contributed by atoms with Gasteiger partial charge in [-0.2, -0.15) is 0 Å². The normalized spacial score (nSPS) is 10.4. The smallest absolute Gasteiger partial charge is 0.265 e. The molecule has 1 N–H and O–H groups in total. The molecule has 0 aliphatic heterocycles. The van der Waals surface area contributed by atoms with Crippen molar-refractivity contribution >= 4 is 51.5 Å². The predicted octanol–water partition coefficient (Wildman–Crippen LogP) is 4.67. The highest BCUT2D eigenvalue weighted by atomic mass is 79.9. The van der Waals surface area contributed by atoms with Crippen LogP contribution in [0.4, 0.5) is 5.69 Å². The zero-order chi connectivity index (χ0) is 13.3. The van der Waals surface area contributed by atoms with E-state index in [4.69, 9.17) is 0 Å². The molecule has 18 heavy (non-hydrogen) atoms. The number of amides is 1. The van der Waals surface area contributed by atoms with E-state index in [2.05, 4.69) is 33.9 Å². The highest BCUT2D eigenvalue weighted by molar-refractivity contribution is 9.10. The van der Waals surface area contributed by atoms with Gasteiger partial charge in [0.2, 0.25) is 0 Å². The van der Waals surface area contributed by atoms with Gasteiger partial charge in [0.25, 0.3) is 5.91 Å². The average molecular weight is 342 g/mol. The zero-order valence-electron chi connectivity index (χ0n) is 9.95. The summed E-state index contributed by atoms with van der Waals surface area (Å²) in [4.78, 5) is 13.5. The Morgan fingerprint density at radius 2 is 1.89 bits per heavy atom. The Hall–Kier alpha value is -0.780. The second-order valence-corrected chi connectivity index (χ2v) is 6.27. The third-order valence-corrected chi connectivity index (χ3v) is 5.12. The molecule has 0 radical (unpaired) electrons. The topological polar surface area (TPSA) is 29.1 Å². The van der Waals surface area contributed by atoms with Crippen molar-refractivity contribution in [3.8, 4) is 0 Å². The van der Waals surface area contributed by atoms with Gasteiger partial charge in [-0.15, -0.1) is 24.0 Å². The molecule has 0 aliphatic carbocycles. The largest absolute Gasteiger partial charge is 0.321 e. The fourth-order valence-electron chi connectivity index (χ4n) is 1.66. The number of benzene rings is 1. The summed E-state index contributed by atoms with van der Waals surface area (Å²) in [6.07, 6.45) is 0. The first-order valence-electron chi connectivity index (χ1n) is 5.33. The van der Waals surface area contributed by atoms with Crippen molar-refractivity contribution in [2.45, 2.75) is 18.7 Å². The summed E-state index contributed by atoms with van der Waals surface area (Å²) in [7, 11) is 0. The first kappa shape index (κ1) is 13.6. The van der Waals surface area contributed by atoms with Crippen molar-refractivity contribution in [1.29, 1.82) is 0 Å². The zero-order valence-corrected chi connectivity index (χ0v) is 13.2. The maximum atomic E-state index is 12.0. The number of rotatable bonds is 2. The van der Waals surface area contributed by atoms with E-state index in [0.29, 0.717) is 4.88 Å². The summed E-state index contributed by atoms with van der Waals surface area (Å²) in [5.74, 6) is -0.0959. The van der Waals surface area contributed by atoms with Crippen molar-refractivity contribution in [3.05, 3.63) is 44.1 Å². The van der Waals surface area contributed by atoms with Crippen molar-refractivity contribution in [2.24, 2.45) is 0 Å². The maximum Gasteiger partial charge on any atom is 0.265 e. The van der Waals surface area contributed by atoms with Crippen LogP contribution in [0.3, 0.4) is 0 Å². The lowest BCUT2D eigenvalue weighted by Gasteiger charge is -2.08. The number of hydrogen-bond acceptors (Lipinski definition) is 3. The van der Waals surface area contributed by atoms with Gasteiger partial charge in [0, 0.05) is 20.4 Å². The number of anilines is 1. The summed E-state index contributed by atoms with van der Waals surface area (Å²) in [5.41, 5.74) is 3.02. The van der Waals surface area contributed by atoms with Gasteiger partial charge in [0.05, 0.1) is 4.88 Å². The summed E-state index contributed by atoms with van der Waals surface area (Å²) < 4.78 is 1.08. The number of thiol groups is 1. The lowest BCUT2D eigenvalue weighted by atomic mass is 10.1. The summed E-state index contributed by atoms with van der Waals surface area (Å²) >= 11 is 9.09. The number of carbonyl (C=O) groups is 1. The number of nitrogens with one attached hydrogen (secondary N) is 1. The Labute approximate surface area is 124 Å². The molecular formula is C13H12BrNOS2. The molecule has 0 aliphatic rings. The third kappa shape index (κ3) is 2.96. The molecule has 0 spiro atoms. The van der Waals surface area contributed by atoms with E-state index in [-0.39, 0.29) is 5.91 Å². The number of carbonyl (C=O) groups excluding carboxylic acids is 1. The summed E-state index contributed by atoms with van der Waals surface area (Å²) in [6, 6.07) is 5.66. The molecule has 2 rings (SSSR count). The van der Waals surface area contributed by atoms with Gasteiger partial charge in [-0.25, -0.2) is 0 Å². The molecule has 1 amide bonds. The molecule has 94 valence electrons. The van der Waals surface area contributed by atoms with Crippen LogP contribution in [-0.2, 0) is 0 Å². The van der Waals surface area contributed by atoms with E-state index in [1.807, 2.05) is 31.4 Å². The highest BCUT2D eigenvalue weighted by Crippen LogP contribution is 2.26. The van der Waals surface area contributed by atoms with E-state index in [1.165, 1.54) is 11.3 Å². The van der Waals surface area contributed by atoms with Crippen LogP contribution in [0.15, 0.2) is 32.9 Å². The van der Waals surface area contributed by atoms with E-state index in [1.54, 1.807) is 6.07 Å². The molecule has 0 unspecified atom stereocenters. The molecule has 0 bridgehead atoms. The fourth-order valence-corrected chi connectivity index (χ4v) is 2.93. The highest BCUT2D eigenvalue weighted by Gasteiger charge is 2.10. The lowest BCUT2D eigenvalue weighted by Crippen LogP contribution is -2.10. The maximum absolute atomic E-state index is 12.0. The van der Waals surface area contributed by atoms with Crippen LogP contribution in [0, 0.1) is 13.8 Å². The standard InChI is InChI=1S/C13H12BrNOS2/c1-7-3-9(4-8(2)12(7)14)15-13(16)11-5-10(17)6-18-11/h3-6,17H,1-2H3,(H,15,16). The Morgan fingerprint density at radius 3 is 2.39 bits per heavy atom. The molecule has 2 nitrogen and oxygen atoms in total. The minimum atomic E-state index is -0.0959. The Bertz CT molecular complexity index is 584. The average Bonchev–Trinajstić information content (AvgIpc) is 2.72. The van der Waals surface area contributed by atoms with Gasteiger partial charge >= 0.3 is 0 Å². The SMILES string of the molecule is Cc1cc(NC(=O)c2cc(S)cs2)cc(C)c1Br. The van der Waals surface area contributed by atoms with Crippen molar-refractivity contribution in [2.75, 3.05) is 5.32 Å². The molecule has 1 aromatic carbocycles. The lowest BCUT2D eigenvalue weighted by molar-refractivity contribution is 0.103. The van der Waals surface area contributed by atoms with Crippen LogP contribution in [-0.4, -0.2) is 5.91 Å². The molecule has 2 aromatic rings. The van der Waals surface area contributed by atoms with Crippen molar-refractivity contribution < 1.29 is 4.79 Å². The van der Waals surface area contributed by atoms with E-state index >= 15 is 0 Å². The quantitative estimate of drug-likeness (QED) is 0.763. The van der Waals surface area contributed by atoms with Crippen LogP contribution in [0.25, 0.3) is 0 Å². The fraction of sp³-hybridized carbons (Fsp3) is 0.154. The monoisotopic (exact) mass is 341 g/mol. The molecular weight excluding hydrogens is 330 g/mol. The van der Waals surface area contributed by atoms with Gasteiger partial charge in [0.1, 0.15) is 0 Å². The van der Waals surface area contributed by atoms with Crippen LogP contribution < -0.4 is 5.32 Å². The first-order valence-corrected chi connectivity index (χ1v) is 7.45. The minimum absolute atomic E-state index is 0.0959. The van der Waals surface area contributed by atoms with Crippen LogP contribution in [0.2, 0.25) is 0 Å². The van der Waals surface area contributed by atoms with Gasteiger partial charge in [-0.3, -0.25) is 4.79 Å².